The molecule has 0 aromatic heterocycles. The summed E-state index contributed by atoms with van der Waals surface area (Å²) >= 11 is 0. The molecular formula is C36H34NO16+. The number of hydrogen-bond donors (Lipinski definition) is 10. The highest BCUT2D eigenvalue weighted by Crippen LogP contribution is 2.53. The van der Waals surface area contributed by atoms with E-state index >= 15 is 0 Å². The van der Waals surface area contributed by atoms with Gasteiger partial charge in [0.15, 0.2) is 46.0 Å². The third-order valence-corrected chi connectivity index (χ3v) is 8.04. The van der Waals surface area contributed by atoms with Crippen LogP contribution in [-0.4, -0.2) is 82.0 Å². The maximum Gasteiger partial charge on any atom is 0.345 e. The van der Waals surface area contributed by atoms with Crippen LogP contribution < -0.4 is 10.9 Å². The fraction of sp³-hybridized carbons (Fsp3) is 0.167. The fourth-order valence-corrected chi connectivity index (χ4v) is 5.49. The first-order valence-corrected chi connectivity index (χ1v) is 15.2. The number of phenolic OH excluding ortho intramolecular Hbond substituents is 7. The van der Waals surface area contributed by atoms with Crippen molar-refractivity contribution in [3.05, 3.63) is 101 Å². The fourth-order valence-electron chi connectivity index (χ4n) is 5.49. The molecule has 1 heterocycles. The van der Waals surface area contributed by atoms with Crippen LogP contribution >= 0.6 is 0 Å². The Labute approximate surface area is 299 Å². The molecule has 4 aromatic carbocycles. The van der Waals surface area contributed by atoms with Crippen molar-refractivity contribution in [3.8, 4) is 46.0 Å². The topological polar surface area (TPSA) is 315 Å². The molecule has 278 valence electrons. The minimum absolute atomic E-state index is 0. The van der Waals surface area contributed by atoms with Gasteiger partial charge >= 0.3 is 23.9 Å². The molecule has 17 heteroatoms. The molecule has 0 amide bonds. The Bertz CT molecular complexity index is 2090. The number of rotatable bonds is 12. The van der Waals surface area contributed by atoms with E-state index in [2.05, 4.69) is 0 Å². The van der Waals surface area contributed by atoms with Crippen LogP contribution in [0, 0.1) is 0 Å². The molecule has 0 saturated carbocycles. The van der Waals surface area contributed by atoms with Crippen molar-refractivity contribution >= 4 is 30.0 Å². The van der Waals surface area contributed by atoms with Gasteiger partial charge in [-0.3, -0.25) is 4.79 Å². The van der Waals surface area contributed by atoms with E-state index in [4.69, 9.17) is 14.2 Å². The van der Waals surface area contributed by atoms with Gasteiger partial charge in [0.1, 0.15) is 12.0 Å². The van der Waals surface area contributed by atoms with Gasteiger partial charge in [0.05, 0.1) is 0 Å². The number of aliphatic carboxylic acids is 2. The standard InChI is InChI=1S/C36H30O16.H3N/c37-20-6-1-16(11-24(20)41)13-27(34(45)46)50-29(44)10-5-18-3-9-23(40)33-30(18)31(32(52-33)19-4-8-22(39)26(43)15-19)36(49)51-28(35(47)48)14-17-2-7-21(38)25(42)12-17;/h1-12,15,27-28,31-32,37-43H,13-14H2,(H,45,46)(H,47,48);1H3/p+1/b10-5+;/t27-,28-,31+,32-;/m1./s1. The van der Waals surface area contributed by atoms with Crippen LogP contribution in [0.3, 0.4) is 0 Å². The summed E-state index contributed by atoms with van der Waals surface area (Å²) in [6, 6.07) is 13.0. The molecule has 4 aromatic rings. The van der Waals surface area contributed by atoms with Crippen LogP contribution in [0.25, 0.3) is 6.08 Å². The number of benzene rings is 4. The molecule has 0 aliphatic carbocycles. The van der Waals surface area contributed by atoms with E-state index in [0.29, 0.717) is 0 Å². The first-order valence-electron chi connectivity index (χ1n) is 15.2. The number of carboxylic acid groups (broad SMARTS) is 2. The molecule has 1 aliphatic rings. The van der Waals surface area contributed by atoms with Crippen molar-refractivity contribution in [3.63, 3.8) is 0 Å². The van der Waals surface area contributed by atoms with Gasteiger partial charge in [0.25, 0.3) is 0 Å². The van der Waals surface area contributed by atoms with Crippen molar-refractivity contribution in [2.75, 3.05) is 0 Å². The molecule has 13 N–H and O–H groups in total. The molecular weight excluding hydrogens is 702 g/mol. The Balaban J connectivity index is 0.00000627. The van der Waals surface area contributed by atoms with E-state index < -0.39 is 94.8 Å². The van der Waals surface area contributed by atoms with Gasteiger partial charge in [-0.25, -0.2) is 14.4 Å². The van der Waals surface area contributed by atoms with Gasteiger partial charge in [0, 0.05) is 24.5 Å². The summed E-state index contributed by atoms with van der Waals surface area (Å²) in [5.41, 5.74) is 0.445. The zero-order valence-corrected chi connectivity index (χ0v) is 27.6. The van der Waals surface area contributed by atoms with Crippen molar-refractivity contribution in [1.29, 1.82) is 0 Å². The van der Waals surface area contributed by atoms with E-state index in [-0.39, 0.29) is 46.1 Å². The van der Waals surface area contributed by atoms with Crippen LogP contribution in [0.5, 0.6) is 46.0 Å². The smallest absolute Gasteiger partial charge is 0.345 e. The quantitative estimate of drug-likeness (QED) is 0.0563. The minimum atomic E-state index is -1.84. The van der Waals surface area contributed by atoms with Crippen molar-refractivity contribution < 1.29 is 79.3 Å². The second kappa shape index (κ2) is 15.8. The van der Waals surface area contributed by atoms with E-state index in [1.807, 2.05) is 0 Å². The van der Waals surface area contributed by atoms with Gasteiger partial charge < -0.3 is 66.3 Å². The van der Waals surface area contributed by atoms with Crippen molar-refractivity contribution in [2.45, 2.75) is 37.1 Å². The van der Waals surface area contributed by atoms with Crippen molar-refractivity contribution in [2.24, 2.45) is 0 Å². The third-order valence-electron chi connectivity index (χ3n) is 8.04. The van der Waals surface area contributed by atoms with Gasteiger partial charge in [-0.05, 0) is 70.8 Å². The lowest BCUT2D eigenvalue weighted by Gasteiger charge is -2.22. The lowest BCUT2D eigenvalue weighted by atomic mass is 9.87. The van der Waals surface area contributed by atoms with E-state index in [9.17, 15) is 65.1 Å². The van der Waals surface area contributed by atoms with E-state index in [0.717, 1.165) is 54.6 Å². The first kappa shape index (κ1) is 38.7. The van der Waals surface area contributed by atoms with Crippen LogP contribution in [0.15, 0.2) is 72.8 Å². The summed E-state index contributed by atoms with van der Waals surface area (Å²) in [6.07, 6.45) is -3.85. The molecule has 4 atom stereocenters. The molecule has 53 heavy (non-hydrogen) atoms. The zero-order valence-electron chi connectivity index (χ0n) is 27.6. The van der Waals surface area contributed by atoms with Gasteiger partial charge in [-0.15, -0.1) is 0 Å². The summed E-state index contributed by atoms with van der Waals surface area (Å²) in [5.74, 6) is -10.8. The summed E-state index contributed by atoms with van der Waals surface area (Å²) in [7, 11) is 0. The number of ether oxygens (including phenoxy) is 3. The van der Waals surface area contributed by atoms with Gasteiger partial charge in [-0.1, -0.05) is 24.3 Å². The molecule has 0 bridgehead atoms. The maximum atomic E-state index is 13.9. The lowest BCUT2D eigenvalue weighted by Crippen LogP contribution is -2.33. The molecule has 1 aliphatic heterocycles. The van der Waals surface area contributed by atoms with Gasteiger partial charge in [0.2, 0.25) is 12.2 Å². The van der Waals surface area contributed by atoms with Crippen LogP contribution in [0.1, 0.15) is 39.8 Å². The summed E-state index contributed by atoms with van der Waals surface area (Å²) in [4.78, 5) is 50.9. The average molecular weight is 737 g/mol. The molecule has 0 saturated heterocycles. The number of hydrogen-bond acceptors (Lipinski definition) is 14. The second-order valence-electron chi connectivity index (χ2n) is 11.6. The Kier molecular flexibility index (Phi) is 11.5. The lowest BCUT2D eigenvalue weighted by molar-refractivity contribution is -0.166. The average Bonchev–Trinajstić information content (AvgIpc) is 3.50. The second-order valence-corrected chi connectivity index (χ2v) is 11.6. The van der Waals surface area contributed by atoms with Crippen molar-refractivity contribution in [1.82, 2.24) is 6.15 Å². The number of phenols is 7. The monoisotopic (exact) mass is 736 g/mol. The molecule has 0 spiro atoms. The number of esters is 2. The van der Waals surface area contributed by atoms with E-state index in [1.165, 1.54) is 24.3 Å². The van der Waals surface area contributed by atoms with Crippen LogP contribution in [-0.2, 0) is 41.5 Å². The molecule has 0 unspecified atom stereocenters. The minimum Gasteiger partial charge on any atom is -0.504 e. The number of quaternary nitrogens is 1. The molecule has 5 rings (SSSR count). The largest absolute Gasteiger partial charge is 0.504 e. The molecule has 17 nitrogen and oxygen atoms in total. The predicted molar refractivity (Wildman–Crippen MR) is 181 cm³/mol. The number of aromatic hydroxyl groups is 7. The predicted octanol–water partition coefficient (Wildman–Crippen LogP) is 3.71. The third kappa shape index (κ3) is 8.61. The Morgan fingerprint density at radius 1 is 0.642 bits per heavy atom. The maximum absolute atomic E-state index is 13.9. The Hall–Kier alpha value is -7.14. The first-order chi connectivity index (χ1) is 24.6. The zero-order chi connectivity index (χ0) is 37.9. The normalized spacial score (nSPS) is 15.7. The van der Waals surface area contributed by atoms with Crippen LogP contribution in [0.4, 0.5) is 0 Å². The highest BCUT2D eigenvalue weighted by molar-refractivity contribution is 5.92. The number of carbonyl (C=O) groups excluding carboxylic acids is 2. The summed E-state index contributed by atoms with van der Waals surface area (Å²) < 4.78 is 16.5. The number of carbonyl (C=O) groups is 4. The highest BCUT2D eigenvalue weighted by Gasteiger charge is 2.46. The Morgan fingerprint density at radius 2 is 1.13 bits per heavy atom. The van der Waals surface area contributed by atoms with Gasteiger partial charge in [-0.2, -0.15) is 0 Å². The van der Waals surface area contributed by atoms with Crippen LogP contribution in [0.2, 0.25) is 0 Å². The molecule has 0 fully saturated rings. The van der Waals surface area contributed by atoms with E-state index in [1.54, 1.807) is 0 Å². The number of carboxylic acids is 2. The summed E-state index contributed by atoms with van der Waals surface area (Å²) in [6.45, 7) is 0. The Morgan fingerprint density at radius 3 is 1.64 bits per heavy atom. The summed E-state index contributed by atoms with van der Waals surface area (Å²) in [5, 5.41) is 89.1. The number of fused-ring (bicyclic) bond motifs is 1. The highest BCUT2D eigenvalue weighted by atomic mass is 16.6. The SMILES string of the molecule is O=C(/C=C/c1ccc(O)c2c1[C@H](C(=O)O[C@H](Cc1ccc(O)c(O)c1)C(=O)O)[C@@H](c1ccc(O)c(O)c1)O2)O[C@H](Cc1ccc(O)c(O)c1)C(=O)O.[NH4+]. The molecule has 0 radical (unpaired) electrons.